The molecule has 0 bridgehead atoms. The molecule has 0 aliphatic carbocycles. The van der Waals surface area contributed by atoms with Crippen LogP contribution in [-0.4, -0.2) is 63.9 Å². The van der Waals surface area contributed by atoms with Crippen molar-refractivity contribution in [1.29, 1.82) is 0 Å². The summed E-state index contributed by atoms with van der Waals surface area (Å²) in [7, 11) is 0. The number of nitrogens with zero attached hydrogens (tertiary/aromatic N) is 4. The van der Waals surface area contributed by atoms with E-state index in [-0.39, 0.29) is 4.88 Å². The van der Waals surface area contributed by atoms with E-state index in [0.29, 0.717) is 29.1 Å². The molecule has 11 heteroatoms. The van der Waals surface area contributed by atoms with Crippen LogP contribution < -0.4 is 10.1 Å². The normalized spacial score (nSPS) is 16.2. The van der Waals surface area contributed by atoms with Gasteiger partial charge in [-0.15, -0.1) is 11.3 Å². The molecule has 1 fully saturated rings. The fourth-order valence-electron chi connectivity index (χ4n) is 4.05. The van der Waals surface area contributed by atoms with Crippen LogP contribution in [0.25, 0.3) is 16.8 Å². The van der Waals surface area contributed by atoms with E-state index in [1.807, 2.05) is 0 Å². The van der Waals surface area contributed by atoms with Gasteiger partial charge in [-0.3, -0.25) is 9.69 Å². The molecular formula is C23H28F3N5O2S. The summed E-state index contributed by atoms with van der Waals surface area (Å²) in [6, 6.07) is -0.340. The Kier molecular flexibility index (Phi) is 7.42. The predicted molar refractivity (Wildman–Crippen MR) is 124 cm³/mol. The molecule has 1 atom stereocenters. The van der Waals surface area contributed by atoms with Gasteiger partial charge in [0.05, 0.1) is 23.5 Å². The van der Waals surface area contributed by atoms with Crippen LogP contribution in [0, 0.1) is 5.92 Å². The standard InChI is InChI=1S/C23H28F3N5O2S/c1-15(2)20(23(24,25)26)29-22(32)19-10-16(14-34-19)18-12-28-31-13-17(11-27-21(18)31)33-9-8-30-6-4-3-5-7-30/h10-15,20H,3-9H2,1-2H3,(H,29,32)/t20-/m0/s1. The van der Waals surface area contributed by atoms with Crippen molar-refractivity contribution >= 4 is 22.9 Å². The molecule has 4 rings (SSSR count). The lowest BCUT2D eigenvalue weighted by Gasteiger charge is -2.26. The van der Waals surface area contributed by atoms with Crippen LogP contribution in [0.15, 0.2) is 30.0 Å². The number of carbonyl (C=O) groups is 1. The van der Waals surface area contributed by atoms with Crippen molar-refractivity contribution in [3.63, 3.8) is 0 Å². The number of nitrogens with one attached hydrogen (secondary N) is 1. The van der Waals surface area contributed by atoms with Gasteiger partial charge in [-0.05, 0) is 48.9 Å². The van der Waals surface area contributed by atoms with E-state index in [2.05, 4.69) is 20.3 Å². The average molecular weight is 496 g/mol. The highest BCUT2D eigenvalue weighted by Crippen LogP contribution is 2.30. The first-order valence-corrected chi connectivity index (χ1v) is 12.3. The summed E-state index contributed by atoms with van der Waals surface area (Å²) < 4.78 is 47.1. The molecular weight excluding hydrogens is 467 g/mol. The number of halogens is 3. The van der Waals surface area contributed by atoms with Crippen molar-refractivity contribution in [3.8, 4) is 16.9 Å². The minimum Gasteiger partial charge on any atom is -0.489 e. The van der Waals surface area contributed by atoms with Gasteiger partial charge in [0.1, 0.15) is 12.6 Å². The quantitative estimate of drug-likeness (QED) is 0.493. The third kappa shape index (κ3) is 5.69. The number of thiophene rings is 1. The van der Waals surface area contributed by atoms with E-state index >= 15 is 0 Å². The first-order valence-electron chi connectivity index (χ1n) is 11.4. The van der Waals surface area contributed by atoms with Gasteiger partial charge in [0, 0.05) is 12.1 Å². The maximum absolute atomic E-state index is 13.2. The monoisotopic (exact) mass is 495 g/mol. The van der Waals surface area contributed by atoms with Crippen molar-refractivity contribution in [2.45, 2.75) is 45.3 Å². The number of amides is 1. The molecule has 184 valence electrons. The maximum atomic E-state index is 13.2. The van der Waals surface area contributed by atoms with Crippen LogP contribution in [0.5, 0.6) is 5.75 Å². The van der Waals surface area contributed by atoms with Crippen LogP contribution in [0.2, 0.25) is 0 Å². The zero-order valence-corrected chi connectivity index (χ0v) is 20.0. The van der Waals surface area contributed by atoms with Gasteiger partial charge in [0.15, 0.2) is 11.4 Å². The summed E-state index contributed by atoms with van der Waals surface area (Å²) in [6.07, 6.45) is 4.25. The second kappa shape index (κ2) is 10.3. The Labute approximate surface area is 199 Å². The molecule has 4 heterocycles. The summed E-state index contributed by atoms with van der Waals surface area (Å²) in [5.74, 6) is -0.916. The van der Waals surface area contributed by atoms with Crippen LogP contribution in [0.1, 0.15) is 42.8 Å². The topological polar surface area (TPSA) is 71.8 Å². The van der Waals surface area contributed by atoms with E-state index in [4.69, 9.17) is 4.74 Å². The number of hydrogen-bond acceptors (Lipinski definition) is 6. The lowest BCUT2D eigenvalue weighted by atomic mass is 10.0. The molecule has 3 aromatic heterocycles. The van der Waals surface area contributed by atoms with Crippen LogP contribution >= 0.6 is 11.3 Å². The van der Waals surface area contributed by atoms with E-state index in [1.165, 1.54) is 33.1 Å². The molecule has 3 aromatic rings. The second-order valence-electron chi connectivity index (χ2n) is 8.80. The van der Waals surface area contributed by atoms with Crippen molar-refractivity contribution in [2.24, 2.45) is 5.92 Å². The fraction of sp³-hybridized carbons (Fsp3) is 0.522. The molecule has 34 heavy (non-hydrogen) atoms. The highest BCUT2D eigenvalue weighted by Gasteiger charge is 2.42. The van der Waals surface area contributed by atoms with Gasteiger partial charge in [-0.25, -0.2) is 9.50 Å². The number of alkyl halides is 3. The van der Waals surface area contributed by atoms with Gasteiger partial charge < -0.3 is 10.1 Å². The van der Waals surface area contributed by atoms with Crippen molar-refractivity contribution in [1.82, 2.24) is 24.8 Å². The second-order valence-corrected chi connectivity index (χ2v) is 9.71. The van der Waals surface area contributed by atoms with E-state index in [0.717, 1.165) is 31.0 Å². The minimum absolute atomic E-state index is 0.196. The van der Waals surface area contributed by atoms with Crippen LogP contribution in [0.4, 0.5) is 13.2 Å². The molecule has 1 amide bonds. The molecule has 0 saturated carbocycles. The lowest BCUT2D eigenvalue weighted by Crippen LogP contribution is -2.48. The molecule has 1 saturated heterocycles. The summed E-state index contributed by atoms with van der Waals surface area (Å²) in [4.78, 5) is 19.5. The lowest BCUT2D eigenvalue weighted by molar-refractivity contribution is -0.162. The van der Waals surface area contributed by atoms with E-state index in [1.54, 1.807) is 34.6 Å². The van der Waals surface area contributed by atoms with Gasteiger partial charge in [0.25, 0.3) is 5.91 Å². The Bertz CT molecular complexity index is 1120. The molecule has 1 aliphatic heterocycles. The number of rotatable bonds is 8. The Morgan fingerprint density at radius 1 is 1.24 bits per heavy atom. The first-order chi connectivity index (χ1) is 16.2. The van der Waals surface area contributed by atoms with E-state index in [9.17, 15) is 18.0 Å². The molecule has 1 N–H and O–H groups in total. The van der Waals surface area contributed by atoms with Gasteiger partial charge >= 0.3 is 6.18 Å². The third-order valence-electron chi connectivity index (χ3n) is 5.90. The number of piperidine rings is 1. The van der Waals surface area contributed by atoms with Crippen molar-refractivity contribution in [3.05, 3.63) is 34.9 Å². The minimum atomic E-state index is -4.51. The number of ether oxygens (including phenoxy) is 1. The number of aromatic nitrogens is 3. The van der Waals surface area contributed by atoms with E-state index < -0.39 is 24.0 Å². The SMILES string of the molecule is CC(C)[C@H](NC(=O)c1cc(-c2cnn3cc(OCCN4CCCCC4)cnc23)cs1)C(F)(F)F. The van der Waals surface area contributed by atoms with Gasteiger partial charge in [0.2, 0.25) is 0 Å². The Morgan fingerprint density at radius 2 is 2.00 bits per heavy atom. The molecule has 1 aliphatic rings. The molecule has 0 radical (unpaired) electrons. The van der Waals surface area contributed by atoms with Gasteiger partial charge in [-0.1, -0.05) is 20.3 Å². The smallest absolute Gasteiger partial charge is 0.408 e. The number of fused-ring (bicyclic) bond motifs is 1. The maximum Gasteiger partial charge on any atom is 0.408 e. The van der Waals surface area contributed by atoms with Crippen LogP contribution in [0.3, 0.4) is 0 Å². The van der Waals surface area contributed by atoms with Gasteiger partial charge in [-0.2, -0.15) is 18.3 Å². The fourth-order valence-corrected chi connectivity index (χ4v) is 4.86. The van der Waals surface area contributed by atoms with Crippen molar-refractivity contribution < 1.29 is 22.7 Å². The van der Waals surface area contributed by atoms with Crippen molar-refractivity contribution in [2.75, 3.05) is 26.2 Å². The number of carbonyl (C=O) groups excluding carboxylic acids is 1. The predicted octanol–water partition coefficient (Wildman–Crippen LogP) is 4.64. The highest BCUT2D eigenvalue weighted by atomic mass is 32.1. The highest BCUT2D eigenvalue weighted by molar-refractivity contribution is 7.12. The largest absolute Gasteiger partial charge is 0.489 e. The van der Waals surface area contributed by atoms with Crippen LogP contribution in [-0.2, 0) is 0 Å². The summed E-state index contributed by atoms with van der Waals surface area (Å²) >= 11 is 1.08. The number of likely N-dealkylation sites (tertiary alicyclic amines) is 1. The Morgan fingerprint density at radius 3 is 2.71 bits per heavy atom. The molecule has 0 unspecified atom stereocenters. The molecule has 0 spiro atoms. The Balaban J connectivity index is 1.42. The zero-order valence-electron chi connectivity index (χ0n) is 19.1. The average Bonchev–Trinajstić information content (AvgIpc) is 3.44. The molecule has 0 aromatic carbocycles. The summed E-state index contributed by atoms with van der Waals surface area (Å²) in [5.41, 5.74) is 1.93. The summed E-state index contributed by atoms with van der Waals surface area (Å²) in [6.45, 7) is 6.51. The third-order valence-corrected chi connectivity index (χ3v) is 6.83. The molecule has 7 nitrogen and oxygen atoms in total. The number of hydrogen-bond donors (Lipinski definition) is 1. The summed E-state index contributed by atoms with van der Waals surface area (Å²) in [5, 5.41) is 8.16. The first kappa shape index (κ1) is 24.5. The Hall–Kier alpha value is -2.66. The zero-order chi connectivity index (χ0) is 24.3.